The Morgan fingerprint density at radius 2 is 2.20 bits per heavy atom. The molecule has 3 nitrogen and oxygen atoms in total. The van der Waals surface area contributed by atoms with Crippen LogP contribution in [0.15, 0.2) is 27.2 Å². The van der Waals surface area contributed by atoms with Gasteiger partial charge in [-0.2, -0.15) is 0 Å². The molecule has 2 aromatic rings. The molecule has 0 fully saturated rings. The number of benzene rings is 1. The minimum atomic E-state index is -0.278. The Balaban J connectivity index is 2.45. The number of rotatable bonds is 2. The van der Waals surface area contributed by atoms with Gasteiger partial charge in [-0.3, -0.25) is 0 Å². The second-order valence-electron chi connectivity index (χ2n) is 4.43. The van der Waals surface area contributed by atoms with E-state index in [1.807, 2.05) is 32.0 Å². The highest BCUT2D eigenvalue weighted by atomic mass is 79.9. The maximum absolute atomic E-state index is 5.95. The van der Waals surface area contributed by atoms with Gasteiger partial charge >= 0.3 is 0 Å². The molecule has 0 saturated carbocycles. The first-order chi connectivity index (χ1) is 6.96. The molecular weight excluding hydrogens is 256 g/mol. The fourth-order valence-electron chi connectivity index (χ4n) is 1.51. The van der Waals surface area contributed by atoms with Gasteiger partial charge in [0.25, 0.3) is 0 Å². The van der Waals surface area contributed by atoms with Crippen molar-refractivity contribution in [2.75, 3.05) is 0 Å². The summed E-state index contributed by atoms with van der Waals surface area (Å²) >= 11 is 3.40. The predicted octanol–water partition coefficient (Wildman–Crippen LogP) is 2.87. The summed E-state index contributed by atoms with van der Waals surface area (Å²) in [4.78, 5) is 0. The second-order valence-corrected chi connectivity index (χ2v) is 5.35. The van der Waals surface area contributed by atoms with Crippen LogP contribution < -0.4 is 5.73 Å². The summed E-state index contributed by atoms with van der Waals surface area (Å²) in [5, 5.41) is 5.04. The zero-order valence-corrected chi connectivity index (χ0v) is 10.3. The van der Waals surface area contributed by atoms with Gasteiger partial charge in [0.05, 0.1) is 0 Å². The minimum absolute atomic E-state index is 0.278. The van der Waals surface area contributed by atoms with Gasteiger partial charge in [-0.1, -0.05) is 21.1 Å². The third-order valence-electron chi connectivity index (χ3n) is 2.13. The quantitative estimate of drug-likeness (QED) is 0.912. The van der Waals surface area contributed by atoms with Crippen molar-refractivity contribution in [3.05, 3.63) is 28.4 Å². The molecule has 0 saturated heterocycles. The summed E-state index contributed by atoms with van der Waals surface area (Å²) in [5.74, 6) is 0.852. The summed E-state index contributed by atoms with van der Waals surface area (Å²) < 4.78 is 6.30. The van der Waals surface area contributed by atoms with Crippen LogP contribution in [-0.2, 0) is 6.42 Å². The van der Waals surface area contributed by atoms with E-state index in [2.05, 4.69) is 21.1 Å². The fourth-order valence-corrected chi connectivity index (χ4v) is 1.86. The lowest BCUT2D eigenvalue weighted by Gasteiger charge is -2.15. The van der Waals surface area contributed by atoms with E-state index in [0.717, 1.165) is 21.1 Å². The van der Waals surface area contributed by atoms with Gasteiger partial charge in [0.1, 0.15) is 11.3 Å². The topological polar surface area (TPSA) is 52.0 Å². The van der Waals surface area contributed by atoms with Crippen molar-refractivity contribution < 1.29 is 4.52 Å². The van der Waals surface area contributed by atoms with E-state index in [4.69, 9.17) is 10.3 Å². The lowest BCUT2D eigenvalue weighted by molar-refractivity contribution is 0.360. The van der Waals surface area contributed by atoms with Gasteiger partial charge in [-0.05, 0) is 32.0 Å². The Hall–Kier alpha value is -0.870. The van der Waals surface area contributed by atoms with Crippen molar-refractivity contribution in [1.29, 1.82) is 0 Å². The van der Waals surface area contributed by atoms with Crippen molar-refractivity contribution in [3.8, 4) is 0 Å². The SMILES string of the molecule is CC(C)(N)Cc1onc2cc(Br)ccc12. The van der Waals surface area contributed by atoms with Gasteiger partial charge in [0.15, 0.2) is 0 Å². The number of hydrogen-bond acceptors (Lipinski definition) is 3. The van der Waals surface area contributed by atoms with E-state index < -0.39 is 0 Å². The Labute approximate surface area is 96.7 Å². The Kier molecular flexibility index (Phi) is 2.56. The van der Waals surface area contributed by atoms with Gasteiger partial charge < -0.3 is 10.3 Å². The second kappa shape index (κ2) is 3.61. The van der Waals surface area contributed by atoms with Crippen LogP contribution in [0, 0.1) is 0 Å². The van der Waals surface area contributed by atoms with Crippen molar-refractivity contribution in [3.63, 3.8) is 0 Å². The molecule has 0 amide bonds. The highest BCUT2D eigenvalue weighted by Gasteiger charge is 2.17. The molecular formula is C11H13BrN2O. The third kappa shape index (κ3) is 2.38. The minimum Gasteiger partial charge on any atom is -0.360 e. The molecule has 2 N–H and O–H groups in total. The lowest BCUT2D eigenvalue weighted by atomic mass is 9.99. The number of fused-ring (bicyclic) bond motifs is 1. The zero-order chi connectivity index (χ0) is 11.1. The van der Waals surface area contributed by atoms with Crippen LogP contribution in [0.3, 0.4) is 0 Å². The van der Waals surface area contributed by atoms with E-state index >= 15 is 0 Å². The first-order valence-corrected chi connectivity index (χ1v) is 5.58. The van der Waals surface area contributed by atoms with E-state index in [-0.39, 0.29) is 5.54 Å². The molecule has 2 rings (SSSR count). The van der Waals surface area contributed by atoms with Gasteiger partial charge in [0, 0.05) is 21.8 Å². The van der Waals surface area contributed by atoms with E-state index in [1.165, 1.54) is 0 Å². The monoisotopic (exact) mass is 268 g/mol. The standard InChI is InChI=1S/C11H13BrN2O/c1-11(2,13)6-10-8-4-3-7(12)5-9(8)14-15-10/h3-5H,6,13H2,1-2H3. The molecule has 15 heavy (non-hydrogen) atoms. The maximum atomic E-state index is 5.95. The molecule has 0 atom stereocenters. The van der Waals surface area contributed by atoms with Crippen LogP contribution in [0.25, 0.3) is 10.9 Å². The molecule has 1 aromatic carbocycles. The smallest absolute Gasteiger partial charge is 0.146 e. The first-order valence-electron chi connectivity index (χ1n) is 4.78. The Morgan fingerprint density at radius 1 is 1.47 bits per heavy atom. The maximum Gasteiger partial charge on any atom is 0.146 e. The van der Waals surface area contributed by atoms with Gasteiger partial charge in [-0.15, -0.1) is 0 Å². The molecule has 4 heteroatoms. The van der Waals surface area contributed by atoms with Crippen molar-refractivity contribution in [1.82, 2.24) is 5.16 Å². The molecule has 1 aromatic heterocycles. The number of hydrogen-bond donors (Lipinski definition) is 1. The third-order valence-corrected chi connectivity index (χ3v) is 2.62. The van der Waals surface area contributed by atoms with Crippen LogP contribution in [0.5, 0.6) is 0 Å². The van der Waals surface area contributed by atoms with Gasteiger partial charge in [-0.25, -0.2) is 0 Å². The summed E-state index contributed by atoms with van der Waals surface area (Å²) in [6.45, 7) is 3.94. The van der Waals surface area contributed by atoms with E-state index in [0.29, 0.717) is 6.42 Å². The molecule has 0 unspecified atom stereocenters. The highest BCUT2D eigenvalue weighted by molar-refractivity contribution is 9.10. The van der Waals surface area contributed by atoms with Crippen LogP contribution >= 0.6 is 15.9 Å². The first kappa shape index (κ1) is 10.6. The van der Waals surface area contributed by atoms with Crippen LogP contribution in [-0.4, -0.2) is 10.7 Å². The molecule has 0 radical (unpaired) electrons. The molecule has 0 aliphatic heterocycles. The molecule has 1 heterocycles. The summed E-state index contributed by atoms with van der Waals surface area (Å²) in [7, 11) is 0. The summed E-state index contributed by atoms with van der Waals surface area (Å²) in [6, 6.07) is 5.91. The highest BCUT2D eigenvalue weighted by Crippen LogP contribution is 2.24. The molecule has 0 aliphatic carbocycles. The fraction of sp³-hybridized carbons (Fsp3) is 0.364. The van der Waals surface area contributed by atoms with Crippen molar-refractivity contribution in [2.24, 2.45) is 5.73 Å². The summed E-state index contributed by atoms with van der Waals surface area (Å²) in [6.07, 6.45) is 0.686. The van der Waals surface area contributed by atoms with Gasteiger partial charge in [0.2, 0.25) is 0 Å². The predicted molar refractivity (Wildman–Crippen MR) is 63.7 cm³/mol. The Morgan fingerprint density at radius 3 is 2.87 bits per heavy atom. The lowest BCUT2D eigenvalue weighted by Crippen LogP contribution is -2.34. The summed E-state index contributed by atoms with van der Waals surface area (Å²) in [5.41, 5.74) is 6.54. The average molecular weight is 269 g/mol. The number of aromatic nitrogens is 1. The van der Waals surface area contributed by atoms with Crippen LogP contribution in [0.1, 0.15) is 19.6 Å². The molecule has 0 spiro atoms. The number of halogens is 1. The number of nitrogens with zero attached hydrogens (tertiary/aromatic N) is 1. The largest absolute Gasteiger partial charge is 0.360 e. The molecule has 0 aliphatic rings. The van der Waals surface area contributed by atoms with Crippen LogP contribution in [0.4, 0.5) is 0 Å². The normalized spacial score (nSPS) is 12.3. The van der Waals surface area contributed by atoms with Crippen LogP contribution in [0.2, 0.25) is 0 Å². The molecule has 0 bridgehead atoms. The van der Waals surface area contributed by atoms with Crippen molar-refractivity contribution in [2.45, 2.75) is 25.8 Å². The van der Waals surface area contributed by atoms with Crippen molar-refractivity contribution >= 4 is 26.8 Å². The Bertz CT molecular complexity index is 485. The average Bonchev–Trinajstić information content (AvgIpc) is 2.45. The molecule has 80 valence electrons. The van der Waals surface area contributed by atoms with E-state index in [1.54, 1.807) is 0 Å². The zero-order valence-electron chi connectivity index (χ0n) is 8.75. The number of nitrogens with two attached hydrogens (primary N) is 1. The van der Waals surface area contributed by atoms with E-state index in [9.17, 15) is 0 Å².